The highest BCUT2D eigenvalue weighted by Gasteiger charge is 2.09. The van der Waals surface area contributed by atoms with Crippen LogP contribution in [0.5, 0.6) is 5.75 Å². The molecule has 13 heavy (non-hydrogen) atoms. The molecular formula is C11H15NO. The summed E-state index contributed by atoms with van der Waals surface area (Å²) in [5.74, 6) is 0.303. The normalized spacial score (nSPS) is 12.5. The topological polar surface area (TPSA) is 46.2 Å². The van der Waals surface area contributed by atoms with E-state index in [-0.39, 0.29) is 6.04 Å². The molecule has 1 aromatic carbocycles. The van der Waals surface area contributed by atoms with Crippen LogP contribution in [0.25, 0.3) is 0 Å². The summed E-state index contributed by atoms with van der Waals surface area (Å²) in [6, 6.07) is 5.33. The number of hydrogen-bond donors (Lipinski definition) is 2. The van der Waals surface area contributed by atoms with Gasteiger partial charge in [0.05, 0.1) is 6.04 Å². The molecular weight excluding hydrogens is 162 g/mol. The number of rotatable bonds is 3. The van der Waals surface area contributed by atoms with E-state index in [1.54, 1.807) is 6.08 Å². The van der Waals surface area contributed by atoms with Crippen LogP contribution in [0.1, 0.15) is 24.1 Å². The van der Waals surface area contributed by atoms with Crippen molar-refractivity contribution in [2.24, 2.45) is 5.73 Å². The molecule has 0 aliphatic carbocycles. The van der Waals surface area contributed by atoms with Crippen molar-refractivity contribution < 1.29 is 5.11 Å². The first-order valence-corrected chi connectivity index (χ1v) is 4.39. The van der Waals surface area contributed by atoms with Crippen molar-refractivity contribution in [1.82, 2.24) is 0 Å². The lowest BCUT2D eigenvalue weighted by molar-refractivity contribution is 0.459. The molecule has 2 heteroatoms. The zero-order valence-corrected chi connectivity index (χ0v) is 7.83. The Hall–Kier alpha value is -1.28. The molecule has 0 aromatic heterocycles. The maximum atomic E-state index is 9.76. The van der Waals surface area contributed by atoms with E-state index in [4.69, 9.17) is 5.73 Å². The van der Waals surface area contributed by atoms with E-state index in [9.17, 15) is 5.11 Å². The molecule has 3 N–H and O–H groups in total. The van der Waals surface area contributed by atoms with Gasteiger partial charge in [0, 0.05) is 5.56 Å². The van der Waals surface area contributed by atoms with Crippen LogP contribution in [-0.2, 0) is 6.42 Å². The molecule has 0 spiro atoms. The Bertz CT molecular complexity index is 307. The maximum absolute atomic E-state index is 9.76. The van der Waals surface area contributed by atoms with Crippen molar-refractivity contribution >= 4 is 0 Å². The second kappa shape index (κ2) is 4.10. The molecule has 0 amide bonds. The summed E-state index contributed by atoms with van der Waals surface area (Å²) in [6.07, 6.45) is 2.43. The summed E-state index contributed by atoms with van der Waals surface area (Å²) < 4.78 is 0. The van der Waals surface area contributed by atoms with Gasteiger partial charge in [-0.2, -0.15) is 0 Å². The minimum absolute atomic E-state index is 0.286. The Morgan fingerprint density at radius 3 is 2.85 bits per heavy atom. The van der Waals surface area contributed by atoms with Gasteiger partial charge in [0.15, 0.2) is 0 Å². The summed E-state index contributed by atoms with van der Waals surface area (Å²) in [6.45, 7) is 5.60. The zero-order chi connectivity index (χ0) is 9.84. The second-order valence-corrected chi connectivity index (χ2v) is 2.97. The van der Waals surface area contributed by atoms with Crippen molar-refractivity contribution in [2.75, 3.05) is 0 Å². The minimum atomic E-state index is -0.286. The number of phenols is 1. The Labute approximate surface area is 78.7 Å². The highest BCUT2D eigenvalue weighted by atomic mass is 16.3. The van der Waals surface area contributed by atoms with Crippen molar-refractivity contribution in [2.45, 2.75) is 19.4 Å². The van der Waals surface area contributed by atoms with Gasteiger partial charge in [0.1, 0.15) is 5.75 Å². The predicted molar refractivity (Wildman–Crippen MR) is 54.6 cm³/mol. The average Bonchev–Trinajstić information content (AvgIpc) is 2.17. The first-order chi connectivity index (χ1) is 6.20. The quantitative estimate of drug-likeness (QED) is 0.695. The molecule has 70 valence electrons. The summed E-state index contributed by atoms with van der Waals surface area (Å²) in [5.41, 5.74) is 7.41. The number of nitrogens with two attached hydrogens (primary N) is 1. The van der Waals surface area contributed by atoms with Gasteiger partial charge < -0.3 is 10.8 Å². The largest absolute Gasteiger partial charge is 0.507 e. The number of hydrogen-bond acceptors (Lipinski definition) is 2. The smallest absolute Gasteiger partial charge is 0.123 e. The molecule has 0 heterocycles. The number of para-hydroxylation sites is 1. The Balaban J connectivity index is 3.14. The summed E-state index contributed by atoms with van der Waals surface area (Å²) in [4.78, 5) is 0. The zero-order valence-electron chi connectivity index (χ0n) is 7.83. The van der Waals surface area contributed by atoms with E-state index in [0.717, 1.165) is 17.5 Å². The third kappa shape index (κ3) is 1.90. The molecule has 0 aliphatic heterocycles. The standard InChI is InChI=1S/C11H15NO/c1-3-8-6-5-7-9(11(8)13)10(12)4-2/h4-7,10,13H,2-3,12H2,1H3/t10-/m0/s1. The van der Waals surface area contributed by atoms with Crippen LogP contribution in [0, 0.1) is 0 Å². The van der Waals surface area contributed by atoms with Crippen molar-refractivity contribution in [3.8, 4) is 5.75 Å². The fourth-order valence-corrected chi connectivity index (χ4v) is 1.29. The van der Waals surface area contributed by atoms with E-state index in [1.807, 2.05) is 25.1 Å². The Morgan fingerprint density at radius 1 is 1.62 bits per heavy atom. The van der Waals surface area contributed by atoms with Gasteiger partial charge in [-0.05, 0) is 12.0 Å². The molecule has 0 radical (unpaired) electrons. The fourth-order valence-electron chi connectivity index (χ4n) is 1.29. The number of phenolic OH excluding ortho intramolecular Hbond substituents is 1. The third-order valence-corrected chi connectivity index (χ3v) is 2.14. The van der Waals surface area contributed by atoms with Gasteiger partial charge in [-0.25, -0.2) is 0 Å². The molecule has 1 aromatic rings. The second-order valence-electron chi connectivity index (χ2n) is 2.97. The van der Waals surface area contributed by atoms with E-state index in [2.05, 4.69) is 6.58 Å². The summed E-state index contributed by atoms with van der Waals surface area (Å²) in [5, 5.41) is 9.76. The van der Waals surface area contributed by atoms with E-state index < -0.39 is 0 Å². The number of benzene rings is 1. The van der Waals surface area contributed by atoms with Crippen LogP contribution in [-0.4, -0.2) is 5.11 Å². The van der Waals surface area contributed by atoms with E-state index in [0.29, 0.717) is 5.75 Å². The Kier molecular flexibility index (Phi) is 3.09. The molecule has 0 fully saturated rings. The van der Waals surface area contributed by atoms with Gasteiger partial charge in [0.25, 0.3) is 0 Å². The molecule has 0 saturated carbocycles. The van der Waals surface area contributed by atoms with Crippen LogP contribution < -0.4 is 5.73 Å². The molecule has 0 aliphatic rings. The molecule has 0 bridgehead atoms. The minimum Gasteiger partial charge on any atom is -0.507 e. The van der Waals surface area contributed by atoms with Gasteiger partial charge in [-0.1, -0.05) is 31.2 Å². The SMILES string of the molecule is C=C[C@H](N)c1cccc(CC)c1O. The molecule has 0 unspecified atom stereocenters. The summed E-state index contributed by atoms with van der Waals surface area (Å²) >= 11 is 0. The van der Waals surface area contributed by atoms with Gasteiger partial charge in [0.2, 0.25) is 0 Å². The molecule has 1 rings (SSSR count). The predicted octanol–water partition coefficient (Wildman–Crippen LogP) is 2.14. The van der Waals surface area contributed by atoms with Crippen LogP contribution in [0.15, 0.2) is 30.9 Å². The third-order valence-electron chi connectivity index (χ3n) is 2.14. The monoisotopic (exact) mass is 177 g/mol. The molecule has 0 saturated heterocycles. The average molecular weight is 177 g/mol. The lowest BCUT2D eigenvalue weighted by Crippen LogP contribution is -2.07. The van der Waals surface area contributed by atoms with Crippen LogP contribution in [0.3, 0.4) is 0 Å². The van der Waals surface area contributed by atoms with Crippen LogP contribution in [0.4, 0.5) is 0 Å². The van der Waals surface area contributed by atoms with Gasteiger partial charge in [-0.15, -0.1) is 6.58 Å². The van der Waals surface area contributed by atoms with Gasteiger partial charge in [-0.3, -0.25) is 0 Å². The van der Waals surface area contributed by atoms with Crippen molar-refractivity contribution in [3.05, 3.63) is 42.0 Å². The van der Waals surface area contributed by atoms with E-state index in [1.165, 1.54) is 0 Å². The van der Waals surface area contributed by atoms with Crippen molar-refractivity contribution in [1.29, 1.82) is 0 Å². The Morgan fingerprint density at radius 2 is 2.31 bits per heavy atom. The number of aryl methyl sites for hydroxylation is 1. The van der Waals surface area contributed by atoms with Gasteiger partial charge >= 0.3 is 0 Å². The maximum Gasteiger partial charge on any atom is 0.123 e. The van der Waals surface area contributed by atoms with Crippen LogP contribution >= 0.6 is 0 Å². The number of aromatic hydroxyl groups is 1. The first-order valence-electron chi connectivity index (χ1n) is 4.39. The van der Waals surface area contributed by atoms with Crippen molar-refractivity contribution in [3.63, 3.8) is 0 Å². The van der Waals surface area contributed by atoms with Crippen LogP contribution in [0.2, 0.25) is 0 Å². The first kappa shape index (κ1) is 9.81. The highest BCUT2D eigenvalue weighted by molar-refractivity contribution is 5.43. The summed E-state index contributed by atoms with van der Waals surface area (Å²) in [7, 11) is 0. The highest BCUT2D eigenvalue weighted by Crippen LogP contribution is 2.27. The fraction of sp³-hybridized carbons (Fsp3) is 0.273. The molecule has 2 nitrogen and oxygen atoms in total. The van der Waals surface area contributed by atoms with E-state index >= 15 is 0 Å². The molecule has 1 atom stereocenters. The lowest BCUT2D eigenvalue weighted by Gasteiger charge is -2.11. The lowest BCUT2D eigenvalue weighted by atomic mass is 10.0.